The van der Waals surface area contributed by atoms with Crippen LogP contribution in [0.1, 0.15) is 19.4 Å². The molecule has 3 nitrogen and oxygen atoms in total. The number of benzene rings is 1. The molecule has 16 heavy (non-hydrogen) atoms. The lowest BCUT2D eigenvalue weighted by Gasteiger charge is -2.16. The van der Waals surface area contributed by atoms with Crippen molar-refractivity contribution in [3.63, 3.8) is 0 Å². The summed E-state index contributed by atoms with van der Waals surface area (Å²) in [5.74, 6) is -0.0243. The molecule has 0 radical (unpaired) electrons. The highest BCUT2D eigenvalue weighted by Gasteiger charge is 2.17. The molecule has 0 spiro atoms. The second kappa shape index (κ2) is 5.46. The van der Waals surface area contributed by atoms with Crippen molar-refractivity contribution in [1.29, 1.82) is 0 Å². The fraction of sp³-hybridized carbons (Fsp3) is 0.417. The van der Waals surface area contributed by atoms with Gasteiger partial charge in [0.15, 0.2) is 0 Å². The molecule has 0 aliphatic heterocycles. The van der Waals surface area contributed by atoms with Gasteiger partial charge < -0.3 is 11.1 Å². The Balaban J connectivity index is 2.77. The van der Waals surface area contributed by atoms with Gasteiger partial charge in [0.1, 0.15) is 0 Å². The number of nitrogens with two attached hydrogens (primary N) is 1. The maximum Gasteiger partial charge on any atom is 0.241 e. The Bertz CT molecular complexity index is 391. The molecule has 0 saturated carbocycles. The molecule has 3 N–H and O–H groups in total. The van der Waals surface area contributed by atoms with Gasteiger partial charge in [-0.05, 0) is 46.5 Å². The SMILES string of the molecule is Cc1ccc(NC(=O)[C@@H](N)C(C)C)c(Br)c1. The average Bonchev–Trinajstić information content (AvgIpc) is 2.20. The lowest BCUT2D eigenvalue weighted by atomic mass is 10.0. The van der Waals surface area contributed by atoms with Crippen LogP contribution in [0.5, 0.6) is 0 Å². The number of amides is 1. The number of anilines is 1. The Labute approximate surface area is 105 Å². The number of rotatable bonds is 3. The first-order chi connectivity index (χ1) is 7.41. The van der Waals surface area contributed by atoms with E-state index in [1.807, 2.05) is 39.0 Å². The Morgan fingerprint density at radius 3 is 2.56 bits per heavy atom. The molecule has 88 valence electrons. The maximum absolute atomic E-state index is 11.7. The minimum atomic E-state index is -0.479. The number of hydrogen-bond donors (Lipinski definition) is 2. The first-order valence-corrected chi connectivity index (χ1v) is 6.03. The van der Waals surface area contributed by atoms with Gasteiger partial charge in [0.25, 0.3) is 0 Å². The molecular weight excluding hydrogens is 268 g/mol. The van der Waals surface area contributed by atoms with Gasteiger partial charge in [0, 0.05) is 4.47 Å². The van der Waals surface area contributed by atoms with Crippen molar-refractivity contribution >= 4 is 27.5 Å². The van der Waals surface area contributed by atoms with Crippen LogP contribution in [0, 0.1) is 12.8 Å². The molecule has 1 aromatic carbocycles. The second-order valence-electron chi connectivity index (χ2n) is 4.24. The van der Waals surface area contributed by atoms with E-state index in [2.05, 4.69) is 21.2 Å². The molecule has 0 saturated heterocycles. The second-order valence-corrected chi connectivity index (χ2v) is 5.10. The zero-order chi connectivity index (χ0) is 12.3. The van der Waals surface area contributed by atoms with Gasteiger partial charge in [-0.2, -0.15) is 0 Å². The first kappa shape index (κ1) is 13.2. The summed E-state index contributed by atoms with van der Waals surface area (Å²) in [5.41, 5.74) is 7.65. The van der Waals surface area contributed by atoms with Crippen LogP contribution >= 0.6 is 15.9 Å². The molecule has 0 unspecified atom stereocenters. The zero-order valence-corrected chi connectivity index (χ0v) is 11.3. The van der Waals surface area contributed by atoms with Crippen molar-refractivity contribution in [2.75, 3.05) is 5.32 Å². The summed E-state index contributed by atoms with van der Waals surface area (Å²) in [5, 5.41) is 2.81. The van der Waals surface area contributed by atoms with Crippen LogP contribution in [0.3, 0.4) is 0 Å². The van der Waals surface area contributed by atoms with Crippen molar-refractivity contribution in [3.8, 4) is 0 Å². The van der Waals surface area contributed by atoms with E-state index < -0.39 is 6.04 Å². The Morgan fingerprint density at radius 2 is 2.06 bits per heavy atom. The van der Waals surface area contributed by atoms with E-state index in [1.54, 1.807) is 0 Å². The molecule has 1 atom stereocenters. The minimum Gasteiger partial charge on any atom is -0.324 e. The van der Waals surface area contributed by atoms with Gasteiger partial charge in [-0.3, -0.25) is 4.79 Å². The van der Waals surface area contributed by atoms with E-state index in [4.69, 9.17) is 5.73 Å². The van der Waals surface area contributed by atoms with Crippen LogP contribution in [-0.2, 0) is 4.79 Å². The molecule has 0 fully saturated rings. The number of halogens is 1. The predicted octanol–water partition coefficient (Wildman–Crippen LogP) is 2.68. The van der Waals surface area contributed by atoms with Crippen LogP contribution in [0.25, 0.3) is 0 Å². The third-order valence-electron chi connectivity index (χ3n) is 2.40. The van der Waals surface area contributed by atoms with Gasteiger partial charge in [0.2, 0.25) is 5.91 Å². The fourth-order valence-electron chi connectivity index (χ4n) is 1.24. The summed E-state index contributed by atoms with van der Waals surface area (Å²) in [6.07, 6.45) is 0. The van der Waals surface area contributed by atoms with Crippen molar-refractivity contribution in [2.45, 2.75) is 26.8 Å². The highest BCUT2D eigenvalue weighted by Crippen LogP contribution is 2.23. The smallest absolute Gasteiger partial charge is 0.241 e. The molecule has 1 amide bonds. The van der Waals surface area contributed by atoms with E-state index in [1.165, 1.54) is 0 Å². The molecule has 4 heteroatoms. The predicted molar refractivity (Wildman–Crippen MR) is 70.3 cm³/mol. The van der Waals surface area contributed by atoms with Crippen molar-refractivity contribution in [3.05, 3.63) is 28.2 Å². The molecule has 0 heterocycles. The quantitative estimate of drug-likeness (QED) is 0.897. The lowest BCUT2D eigenvalue weighted by Crippen LogP contribution is -2.39. The Morgan fingerprint density at radius 1 is 1.44 bits per heavy atom. The third kappa shape index (κ3) is 3.32. The van der Waals surface area contributed by atoms with Crippen LogP contribution in [-0.4, -0.2) is 11.9 Å². The van der Waals surface area contributed by atoms with Gasteiger partial charge in [0.05, 0.1) is 11.7 Å². The van der Waals surface area contributed by atoms with E-state index in [-0.39, 0.29) is 11.8 Å². The first-order valence-electron chi connectivity index (χ1n) is 5.24. The van der Waals surface area contributed by atoms with Gasteiger partial charge >= 0.3 is 0 Å². The van der Waals surface area contributed by atoms with E-state index in [0.717, 1.165) is 15.7 Å². The van der Waals surface area contributed by atoms with Crippen molar-refractivity contribution in [1.82, 2.24) is 0 Å². The number of hydrogen-bond acceptors (Lipinski definition) is 2. The number of carbonyl (C=O) groups excluding carboxylic acids is 1. The molecule has 0 aromatic heterocycles. The minimum absolute atomic E-state index is 0.129. The summed E-state index contributed by atoms with van der Waals surface area (Å²) >= 11 is 3.41. The monoisotopic (exact) mass is 284 g/mol. The number of nitrogens with one attached hydrogen (secondary N) is 1. The number of carbonyl (C=O) groups is 1. The molecule has 0 aliphatic rings. The van der Waals surface area contributed by atoms with Crippen molar-refractivity contribution < 1.29 is 4.79 Å². The van der Waals surface area contributed by atoms with Gasteiger partial charge in [-0.15, -0.1) is 0 Å². The standard InChI is InChI=1S/C12H17BrN2O/c1-7(2)11(14)12(16)15-10-5-4-8(3)6-9(10)13/h4-7,11H,14H2,1-3H3,(H,15,16)/t11-/m0/s1. The highest BCUT2D eigenvalue weighted by molar-refractivity contribution is 9.10. The summed E-state index contributed by atoms with van der Waals surface area (Å²) in [7, 11) is 0. The van der Waals surface area contributed by atoms with Crippen LogP contribution in [0.15, 0.2) is 22.7 Å². The van der Waals surface area contributed by atoms with Gasteiger partial charge in [-0.1, -0.05) is 19.9 Å². The summed E-state index contributed by atoms with van der Waals surface area (Å²) < 4.78 is 0.872. The third-order valence-corrected chi connectivity index (χ3v) is 3.06. The summed E-state index contributed by atoms with van der Waals surface area (Å²) in [6, 6.07) is 5.29. The summed E-state index contributed by atoms with van der Waals surface area (Å²) in [4.78, 5) is 11.7. The Kier molecular flexibility index (Phi) is 4.50. The molecule has 1 rings (SSSR count). The summed E-state index contributed by atoms with van der Waals surface area (Å²) in [6.45, 7) is 5.85. The fourth-order valence-corrected chi connectivity index (χ4v) is 1.83. The van der Waals surface area contributed by atoms with Gasteiger partial charge in [-0.25, -0.2) is 0 Å². The van der Waals surface area contributed by atoms with E-state index >= 15 is 0 Å². The molecule has 0 aliphatic carbocycles. The molecule has 1 aromatic rings. The van der Waals surface area contributed by atoms with E-state index in [0.29, 0.717) is 0 Å². The number of aryl methyl sites for hydroxylation is 1. The molecular formula is C12H17BrN2O. The topological polar surface area (TPSA) is 55.1 Å². The largest absolute Gasteiger partial charge is 0.324 e. The Hall–Kier alpha value is -0.870. The average molecular weight is 285 g/mol. The van der Waals surface area contributed by atoms with Crippen LogP contribution < -0.4 is 11.1 Å². The molecule has 0 bridgehead atoms. The highest BCUT2D eigenvalue weighted by atomic mass is 79.9. The van der Waals surface area contributed by atoms with Crippen molar-refractivity contribution in [2.24, 2.45) is 11.7 Å². The van der Waals surface area contributed by atoms with Crippen LogP contribution in [0.2, 0.25) is 0 Å². The zero-order valence-electron chi connectivity index (χ0n) is 9.75. The van der Waals surface area contributed by atoms with E-state index in [9.17, 15) is 4.79 Å². The van der Waals surface area contributed by atoms with Crippen LogP contribution in [0.4, 0.5) is 5.69 Å². The maximum atomic E-state index is 11.7. The normalized spacial score (nSPS) is 12.6. The lowest BCUT2D eigenvalue weighted by molar-refractivity contribution is -0.118.